The maximum atomic E-state index is 12.9. The van der Waals surface area contributed by atoms with Crippen LogP contribution in [0.1, 0.15) is 36.0 Å². The molecule has 132 valence electrons. The maximum Gasteiger partial charge on any atom is 0.326 e. The summed E-state index contributed by atoms with van der Waals surface area (Å²) in [7, 11) is 0. The van der Waals surface area contributed by atoms with Crippen molar-refractivity contribution in [3.05, 3.63) is 47.0 Å². The molecule has 3 rings (SSSR count). The highest BCUT2D eigenvalue weighted by Gasteiger charge is 2.43. The largest absolute Gasteiger partial charge is 0.480 e. The third-order valence-electron chi connectivity index (χ3n) is 4.70. The lowest BCUT2D eigenvalue weighted by molar-refractivity contribution is -0.150. The summed E-state index contributed by atoms with van der Waals surface area (Å²) in [5.41, 5.74) is 0.399. The molecule has 2 aliphatic rings. The minimum atomic E-state index is -0.997. The van der Waals surface area contributed by atoms with E-state index in [0.717, 1.165) is 0 Å². The van der Waals surface area contributed by atoms with Gasteiger partial charge in [-0.1, -0.05) is 23.8 Å². The van der Waals surface area contributed by atoms with E-state index in [1.807, 2.05) is 12.2 Å². The van der Waals surface area contributed by atoms with Gasteiger partial charge in [-0.15, -0.1) is 0 Å². The van der Waals surface area contributed by atoms with Crippen molar-refractivity contribution in [3.8, 4) is 0 Å². The average Bonchev–Trinajstić information content (AvgIpc) is 2.99. The Balaban J connectivity index is 1.80. The van der Waals surface area contributed by atoms with Gasteiger partial charge in [-0.25, -0.2) is 4.79 Å². The van der Waals surface area contributed by atoms with Crippen molar-refractivity contribution in [3.63, 3.8) is 0 Å². The van der Waals surface area contributed by atoms with Crippen LogP contribution in [-0.4, -0.2) is 45.9 Å². The summed E-state index contributed by atoms with van der Waals surface area (Å²) >= 11 is 5.82. The van der Waals surface area contributed by atoms with Gasteiger partial charge in [0, 0.05) is 16.6 Å². The normalized spacial score (nSPS) is 27.2. The fourth-order valence-corrected chi connectivity index (χ4v) is 3.55. The van der Waals surface area contributed by atoms with E-state index >= 15 is 0 Å². The number of carboxylic acid groups (broad SMARTS) is 1. The van der Waals surface area contributed by atoms with Gasteiger partial charge in [0.2, 0.25) is 5.91 Å². The second-order valence-electron chi connectivity index (χ2n) is 6.31. The predicted molar refractivity (Wildman–Crippen MR) is 92.4 cm³/mol. The minimum Gasteiger partial charge on any atom is -0.480 e. The first-order chi connectivity index (χ1) is 12.0. The molecule has 6 nitrogen and oxygen atoms in total. The quantitative estimate of drug-likeness (QED) is 0.807. The van der Waals surface area contributed by atoms with Crippen LogP contribution in [0, 0.1) is 0 Å². The van der Waals surface area contributed by atoms with E-state index in [1.54, 1.807) is 24.3 Å². The summed E-state index contributed by atoms with van der Waals surface area (Å²) in [5, 5.41) is 12.6. The number of nitrogens with one attached hydrogen (secondary N) is 1. The summed E-state index contributed by atoms with van der Waals surface area (Å²) in [6.07, 6.45) is 5.91. The number of aliphatic carboxylic acids is 1. The van der Waals surface area contributed by atoms with Crippen molar-refractivity contribution >= 4 is 29.4 Å². The van der Waals surface area contributed by atoms with Gasteiger partial charge in [0.25, 0.3) is 5.91 Å². The van der Waals surface area contributed by atoms with Gasteiger partial charge in [-0.05, 0) is 49.9 Å². The number of benzene rings is 1. The topological polar surface area (TPSA) is 86.7 Å². The van der Waals surface area contributed by atoms with Crippen LogP contribution in [0.2, 0.25) is 5.02 Å². The number of halogens is 1. The van der Waals surface area contributed by atoms with Crippen LogP contribution in [0.5, 0.6) is 0 Å². The van der Waals surface area contributed by atoms with Crippen LogP contribution < -0.4 is 5.32 Å². The molecule has 0 aromatic heterocycles. The van der Waals surface area contributed by atoms with Crippen LogP contribution in [0.15, 0.2) is 36.4 Å². The molecule has 25 heavy (non-hydrogen) atoms. The number of carbonyl (C=O) groups is 3. The average molecular weight is 363 g/mol. The van der Waals surface area contributed by atoms with Crippen molar-refractivity contribution in [2.75, 3.05) is 0 Å². The molecule has 0 spiro atoms. The van der Waals surface area contributed by atoms with Gasteiger partial charge < -0.3 is 15.3 Å². The number of rotatable bonds is 3. The summed E-state index contributed by atoms with van der Waals surface area (Å²) in [6.45, 7) is 0. The number of nitrogens with zero attached hydrogens (tertiary/aromatic N) is 1. The Bertz CT molecular complexity index is 716. The van der Waals surface area contributed by atoms with Gasteiger partial charge in [-0.2, -0.15) is 0 Å². The molecule has 2 amide bonds. The SMILES string of the molecule is O=C(N[C@H]1C/C=C\C[C@@H]2CC[C@@H](C(=O)O)N2C1=O)c1ccc(Cl)cc1. The number of hydrogen-bond donors (Lipinski definition) is 2. The fourth-order valence-electron chi connectivity index (χ4n) is 3.42. The number of carboxylic acids is 1. The molecule has 0 unspecified atom stereocenters. The highest BCUT2D eigenvalue weighted by atomic mass is 35.5. The monoisotopic (exact) mass is 362 g/mol. The molecule has 1 fully saturated rings. The fraction of sp³-hybridized carbons (Fsp3) is 0.389. The molecule has 7 heteroatoms. The smallest absolute Gasteiger partial charge is 0.326 e. The van der Waals surface area contributed by atoms with E-state index in [9.17, 15) is 19.5 Å². The molecule has 2 heterocycles. The first-order valence-corrected chi connectivity index (χ1v) is 8.61. The van der Waals surface area contributed by atoms with E-state index in [1.165, 1.54) is 4.90 Å². The number of amides is 2. The Morgan fingerprint density at radius 2 is 1.80 bits per heavy atom. The summed E-state index contributed by atoms with van der Waals surface area (Å²) < 4.78 is 0. The highest BCUT2D eigenvalue weighted by molar-refractivity contribution is 6.30. The molecule has 0 aliphatic carbocycles. The summed E-state index contributed by atoms with van der Waals surface area (Å²) in [4.78, 5) is 38.2. The van der Waals surface area contributed by atoms with Gasteiger partial charge in [0.1, 0.15) is 12.1 Å². The Kier molecular flexibility index (Phi) is 5.08. The first-order valence-electron chi connectivity index (χ1n) is 8.24. The third kappa shape index (κ3) is 3.69. The number of hydrogen-bond acceptors (Lipinski definition) is 3. The van der Waals surface area contributed by atoms with E-state index in [2.05, 4.69) is 5.32 Å². The maximum absolute atomic E-state index is 12.9. The zero-order valence-electron chi connectivity index (χ0n) is 13.5. The Morgan fingerprint density at radius 3 is 2.48 bits per heavy atom. The van der Waals surface area contributed by atoms with E-state index in [4.69, 9.17) is 11.6 Å². The van der Waals surface area contributed by atoms with E-state index in [-0.39, 0.29) is 17.9 Å². The Labute approximate surface area is 150 Å². The molecule has 1 saturated heterocycles. The summed E-state index contributed by atoms with van der Waals surface area (Å²) in [5.74, 6) is -1.71. The molecular weight excluding hydrogens is 344 g/mol. The van der Waals surface area contributed by atoms with Crippen molar-refractivity contribution in [2.45, 2.75) is 43.8 Å². The molecule has 1 aromatic rings. The highest BCUT2D eigenvalue weighted by Crippen LogP contribution is 2.29. The van der Waals surface area contributed by atoms with Crippen molar-refractivity contribution in [2.24, 2.45) is 0 Å². The first kappa shape index (κ1) is 17.5. The lowest BCUT2D eigenvalue weighted by Crippen LogP contribution is -2.54. The molecule has 3 atom stereocenters. The minimum absolute atomic E-state index is 0.125. The zero-order valence-corrected chi connectivity index (χ0v) is 14.3. The second-order valence-corrected chi connectivity index (χ2v) is 6.74. The van der Waals surface area contributed by atoms with Crippen molar-refractivity contribution < 1.29 is 19.5 Å². The predicted octanol–water partition coefficient (Wildman–Crippen LogP) is 2.23. The van der Waals surface area contributed by atoms with Crippen molar-refractivity contribution in [1.29, 1.82) is 0 Å². The van der Waals surface area contributed by atoms with Gasteiger partial charge >= 0.3 is 5.97 Å². The van der Waals surface area contributed by atoms with Crippen LogP contribution in [0.3, 0.4) is 0 Å². The van der Waals surface area contributed by atoms with Crippen LogP contribution in [0.25, 0.3) is 0 Å². The second kappa shape index (κ2) is 7.27. The molecular formula is C18H19ClN2O4. The van der Waals surface area contributed by atoms with Gasteiger partial charge in [-0.3, -0.25) is 9.59 Å². The lowest BCUT2D eigenvalue weighted by atomic mass is 10.0. The van der Waals surface area contributed by atoms with Gasteiger partial charge in [0.15, 0.2) is 0 Å². The molecule has 2 N–H and O–H groups in total. The molecule has 0 saturated carbocycles. The van der Waals surface area contributed by atoms with E-state index in [0.29, 0.717) is 36.3 Å². The molecule has 2 aliphatic heterocycles. The Morgan fingerprint density at radius 1 is 1.12 bits per heavy atom. The van der Waals surface area contributed by atoms with Crippen LogP contribution in [-0.2, 0) is 9.59 Å². The van der Waals surface area contributed by atoms with Crippen LogP contribution >= 0.6 is 11.6 Å². The standard InChI is InChI=1S/C18H19ClN2O4/c19-12-7-5-11(6-8-12)16(22)20-14-4-2-1-3-13-9-10-15(18(24)25)21(13)17(14)23/h1-2,5-8,13-15H,3-4,9-10H2,(H,20,22)(H,24,25)/b2-1-/t13-,14+,15+/m1/s1. The van der Waals surface area contributed by atoms with Crippen LogP contribution in [0.4, 0.5) is 0 Å². The van der Waals surface area contributed by atoms with Gasteiger partial charge in [0.05, 0.1) is 0 Å². The van der Waals surface area contributed by atoms with Crippen molar-refractivity contribution in [1.82, 2.24) is 10.2 Å². The zero-order chi connectivity index (χ0) is 18.0. The third-order valence-corrected chi connectivity index (χ3v) is 4.95. The Hall–Kier alpha value is -2.34. The number of carbonyl (C=O) groups excluding carboxylic acids is 2. The molecule has 0 radical (unpaired) electrons. The molecule has 1 aromatic carbocycles. The lowest BCUT2D eigenvalue weighted by Gasteiger charge is -2.32. The molecule has 0 bridgehead atoms. The summed E-state index contributed by atoms with van der Waals surface area (Å²) in [6, 6.07) is 4.65. The van der Waals surface area contributed by atoms with E-state index < -0.39 is 18.1 Å². The number of fused-ring (bicyclic) bond motifs is 1.